The summed E-state index contributed by atoms with van der Waals surface area (Å²) in [5, 5.41) is 30.4. The molecule has 268 valence electrons. The maximum atomic E-state index is 13.2. The molecule has 1 aromatic heterocycles. The number of anilines is 1. The molecular formula is C28H38N8O11S2. The van der Waals surface area contributed by atoms with Gasteiger partial charge in [0, 0.05) is 24.9 Å². The lowest BCUT2D eigenvalue weighted by Crippen LogP contribution is -2.76. The van der Waals surface area contributed by atoms with Gasteiger partial charge in [-0.2, -0.15) is 13.5 Å². The molecule has 3 amide bonds. The number of β-lactam (4-membered cyclic amide) rings is 1. The summed E-state index contributed by atoms with van der Waals surface area (Å²) in [5.74, 6) is -1.94. The van der Waals surface area contributed by atoms with E-state index < -0.39 is 58.5 Å². The summed E-state index contributed by atoms with van der Waals surface area (Å²) >= 11 is 0.957. The first kappa shape index (κ1) is 39.0. The number of aliphatic hydroxyl groups excluding tert-OH is 1. The molecule has 1 aliphatic rings. The van der Waals surface area contributed by atoms with Crippen LogP contribution in [0.15, 0.2) is 53.5 Å². The number of nitrogens with zero attached hydrogens (tertiary/aromatic N) is 3. The Morgan fingerprint density at radius 3 is 2.41 bits per heavy atom. The number of carbonyl (C=O) groups excluding carboxylic acids is 3. The molecule has 1 fully saturated rings. The van der Waals surface area contributed by atoms with Crippen molar-refractivity contribution in [2.75, 3.05) is 25.4 Å². The molecule has 2 atom stereocenters. The Balaban J connectivity index is 1.65. The predicted octanol–water partition coefficient (Wildman–Crippen LogP) is -1.59. The fraction of sp³-hybridized carbons (Fsp3) is 0.393. The van der Waals surface area contributed by atoms with Gasteiger partial charge in [-0.05, 0) is 37.1 Å². The fourth-order valence-electron chi connectivity index (χ4n) is 4.16. The minimum absolute atomic E-state index is 0.0561. The average molecular weight is 727 g/mol. The first-order chi connectivity index (χ1) is 23.0. The third-order valence-electron chi connectivity index (χ3n) is 6.91. The van der Waals surface area contributed by atoms with Gasteiger partial charge in [0.05, 0.1) is 11.6 Å². The van der Waals surface area contributed by atoms with Crippen LogP contribution in [0.3, 0.4) is 0 Å². The van der Waals surface area contributed by atoms with Crippen molar-refractivity contribution in [2.24, 2.45) is 16.6 Å². The number of aromatic nitrogens is 1. The number of hydrogen-bond acceptors (Lipinski definition) is 16. The van der Waals surface area contributed by atoms with E-state index in [1.54, 1.807) is 36.4 Å². The second kappa shape index (κ2) is 16.8. The number of thiazole rings is 1. The number of ether oxygens (including phenoxy) is 1. The van der Waals surface area contributed by atoms with Crippen molar-refractivity contribution in [3.05, 3.63) is 59.6 Å². The smallest absolute Gasteiger partial charge is 0.418 e. The Bertz CT molecular complexity index is 1670. The van der Waals surface area contributed by atoms with Crippen LogP contribution in [0.1, 0.15) is 31.5 Å². The van der Waals surface area contributed by atoms with Gasteiger partial charge in [0.15, 0.2) is 17.1 Å². The van der Waals surface area contributed by atoms with Gasteiger partial charge < -0.3 is 47.6 Å². The molecule has 0 spiro atoms. The van der Waals surface area contributed by atoms with Crippen molar-refractivity contribution in [1.29, 1.82) is 0 Å². The lowest BCUT2D eigenvalue weighted by Gasteiger charge is -2.50. The predicted molar refractivity (Wildman–Crippen MR) is 176 cm³/mol. The van der Waals surface area contributed by atoms with Crippen molar-refractivity contribution in [1.82, 2.24) is 20.7 Å². The first-order valence-electron chi connectivity index (χ1n) is 14.4. The van der Waals surface area contributed by atoms with Crippen LogP contribution in [0.4, 0.5) is 5.13 Å². The summed E-state index contributed by atoms with van der Waals surface area (Å²) in [7, 11) is -5.02. The number of benzene rings is 1. The molecule has 1 unspecified atom stereocenters. The number of nitrogen functional groups attached to an aromatic ring is 1. The zero-order chi connectivity index (χ0) is 36.5. The number of aliphatic hydroxyl groups is 2. The molecule has 21 heteroatoms. The molecule has 0 bridgehead atoms. The van der Waals surface area contributed by atoms with Gasteiger partial charge >= 0.3 is 10.4 Å². The zero-order valence-corrected chi connectivity index (χ0v) is 28.0. The number of nitrogens with one attached hydrogen (secondary N) is 2. The summed E-state index contributed by atoms with van der Waals surface area (Å²) in [6.45, 7) is 6.70. The van der Waals surface area contributed by atoms with Gasteiger partial charge in [-0.3, -0.25) is 18.9 Å². The SMILES string of the molecule is C=C(/C=C\CC(=O)NC(CN)CN)c1ccc(OC[C@H](O/N=C(\C(=O)NC2C(=O)N(OS(=O)(=O)O)C2(C)C)c2csc(N)n2)C(O)O)cc1. The summed E-state index contributed by atoms with van der Waals surface area (Å²) in [4.78, 5) is 47.0. The molecule has 3 rings (SSSR count). The molecule has 49 heavy (non-hydrogen) atoms. The van der Waals surface area contributed by atoms with Crippen LogP contribution in [-0.4, -0.2) is 106 Å². The standard InChI is InChI=1S/C28H38N8O11S2/c1-15(5-4-6-21(37)32-17(11-29)12-30)16-7-9-18(10-8-16)45-13-20(26(40)41)46-35-22(19-14-48-27(31)33-19)24(38)34-23-25(39)36(28(23,2)3)47-49(42,43)44/h4-5,7-10,14,17,20,23,26,40-41H,1,6,11-13,29-30H2,2-3H3,(H2,31,33)(H,32,37)(H,34,38)(H,42,43,44)/b5-4-,35-22-/t20-,23?/m0/s1. The highest BCUT2D eigenvalue weighted by atomic mass is 32.3. The van der Waals surface area contributed by atoms with E-state index >= 15 is 0 Å². The van der Waals surface area contributed by atoms with Crippen LogP contribution in [0, 0.1) is 0 Å². The molecule has 19 nitrogen and oxygen atoms in total. The van der Waals surface area contributed by atoms with E-state index in [9.17, 15) is 33.0 Å². The number of carbonyl (C=O) groups is 3. The van der Waals surface area contributed by atoms with E-state index in [4.69, 9.17) is 31.3 Å². The number of rotatable bonds is 18. The number of amides is 3. The quantitative estimate of drug-likeness (QED) is 0.0214. The maximum absolute atomic E-state index is 13.2. The Morgan fingerprint density at radius 1 is 1.22 bits per heavy atom. The lowest BCUT2D eigenvalue weighted by atomic mass is 9.84. The van der Waals surface area contributed by atoms with Crippen LogP contribution >= 0.6 is 11.3 Å². The molecule has 1 aliphatic heterocycles. The Kier molecular flexibility index (Phi) is 13.3. The highest BCUT2D eigenvalue weighted by Gasteiger charge is 2.58. The third-order valence-corrected chi connectivity index (χ3v) is 7.92. The monoisotopic (exact) mass is 726 g/mol. The van der Waals surface area contributed by atoms with Gasteiger partial charge in [0.2, 0.25) is 12.0 Å². The topological polar surface area (TPSA) is 304 Å². The highest BCUT2D eigenvalue weighted by Crippen LogP contribution is 2.33. The Hall–Kier alpha value is -4.48. The Labute approximate surface area is 285 Å². The first-order valence-corrected chi connectivity index (χ1v) is 16.6. The molecule has 2 heterocycles. The molecule has 1 aromatic carbocycles. The van der Waals surface area contributed by atoms with E-state index in [1.807, 2.05) is 0 Å². The van der Waals surface area contributed by atoms with E-state index in [2.05, 4.69) is 31.6 Å². The van der Waals surface area contributed by atoms with Gasteiger partial charge in [0.25, 0.3) is 11.8 Å². The zero-order valence-electron chi connectivity index (χ0n) is 26.4. The largest absolute Gasteiger partial charge is 0.489 e. The molecule has 11 N–H and O–H groups in total. The van der Waals surface area contributed by atoms with Gasteiger partial charge in [-0.25, -0.2) is 4.98 Å². The molecule has 2 aromatic rings. The van der Waals surface area contributed by atoms with Gasteiger partial charge in [-0.15, -0.1) is 15.6 Å². The van der Waals surface area contributed by atoms with Crippen LogP contribution in [-0.2, 0) is 33.9 Å². The second-order valence-corrected chi connectivity index (χ2v) is 12.9. The van der Waals surface area contributed by atoms with Gasteiger partial charge in [0.1, 0.15) is 24.1 Å². The summed E-state index contributed by atoms with van der Waals surface area (Å²) < 4.78 is 41.0. The molecule has 0 saturated carbocycles. The number of allylic oxidation sites excluding steroid dienone is 2. The lowest BCUT2D eigenvalue weighted by molar-refractivity contribution is -0.218. The van der Waals surface area contributed by atoms with Crippen LogP contribution in [0.5, 0.6) is 5.75 Å². The number of nitrogens with two attached hydrogens (primary N) is 3. The summed E-state index contributed by atoms with van der Waals surface area (Å²) in [5.41, 5.74) is 16.1. The molecule has 0 aliphatic carbocycles. The number of oxime groups is 1. The van der Waals surface area contributed by atoms with Crippen molar-refractivity contribution >= 4 is 55.9 Å². The molecule has 1 saturated heterocycles. The average Bonchev–Trinajstić information content (AvgIpc) is 3.47. The number of hydroxylamine groups is 2. The van der Waals surface area contributed by atoms with Crippen molar-refractivity contribution in [2.45, 2.75) is 50.3 Å². The van der Waals surface area contributed by atoms with E-state index in [0.29, 0.717) is 21.9 Å². The van der Waals surface area contributed by atoms with Gasteiger partial charge in [-0.1, -0.05) is 36.0 Å². The molecule has 0 radical (unpaired) electrons. The van der Waals surface area contributed by atoms with Crippen molar-refractivity contribution in [3.8, 4) is 5.75 Å². The van der Waals surface area contributed by atoms with E-state index in [-0.39, 0.29) is 42.3 Å². The summed E-state index contributed by atoms with van der Waals surface area (Å²) in [6.07, 6.45) is -0.234. The van der Waals surface area contributed by atoms with E-state index in [0.717, 1.165) is 11.3 Å². The van der Waals surface area contributed by atoms with Crippen molar-refractivity contribution in [3.63, 3.8) is 0 Å². The molecular weight excluding hydrogens is 688 g/mol. The Morgan fingerprint density at radius 2 is 1.88 bits per heavy atom. The minimum Gasteiger partial charge on any atom is -0.489 e. The van der Waals surface area contributed by atoms with Crippen LogP contribution < -0.4 is 32.6 Å². The second-order valence-electron chi connectivity index (χ2n) is 11.0. The fourth-order valence-corrected chi connectivity index (χ4v) is 5.16. The third kappa shape index (κ3) is 10.8. The van der Waals surface area contributed by atoms with E-state index in [1.165, 1.54) is 19.2 Å². The highest BCUT2D eigenvalue weighted by molar-refractivity contribution is 7.80. The normalized spacial score (nSPS) is 16.8. The van der Waals surface area contributed by atoms with Crippen LogP contribution in [0.25, 0.3) is 5.57 Å². The van der Waals surface area contributed by atoms with Crippen LogP contribution in [0.2, 0.25) is 0 Å². The maximum Gasteiger partial charge on any atom is 0.418 e. The number of hydrogen-bond donors (Lipinski definition) is 8. The minimum atomic E-state index is -5.02. The van der Waals surface area contributed by atoms with Crippen molar-refractivity contribution < 1.29 is 51.4 Å². The summed E-state index contributed by atoms with van der Waals surface area (Å²) in [6, 6.07) is 4.91.